The quantitative estimate of drug-likeness (QED) is 0.634. The standard InChI is InChI=1S/C19H19NO6/c1-9(21)10-2-4-12(5-3-10)20-15(22)8-25-18(23)16-11-6-13-14(7-11)26-19(24)17(13)16/h2-5,11,13-14,16-17H,6-8H2,1H3,(H,20,22)/t11-,13-,14-,16+,17+/m1/s1. The normalized spacial score (nSPS) is 30.8. The number of Topliss-reactive ketones (excluding diaryl/α,β-unsaturated/α-hetero) is 1. The highest BCUT2D eigenvalue weighted by molar-refractivity contribution is 5.96. The summed E-state index contributed by atoms with van der Waals surface area (Å²) in [6, 6.07) is 6.45. The number of carbonyl (C=O) groups is 4. The molecular weight excluding hydrogens is 338 g/mol. The summed E-state index contributed by atoms with van der Waals surface area (Å²) in [6.45, 7) is 1.05. The van der Waals surface area contributed by atoms with Gasteiger partial charge in [0.05, 0.1) is 11.8 Å². The van der Waals surface area contributed by atoms with Crippen LogP contribution in [0.2, 0.25) is 0 Å². The fourth-order valence-electron chi connectivity index (χ4n) is 4.54. The number of nitrogens with one attached hydrogen (secondary N) is 1. The number of fused-ring (bicyclic) bond motifs is 1. The molecule has 0 radical (unpaired) electrons. The number of rotatable bonds is 5. The highest BCUT2D eigenvalue weighted by Gasteiger charge is 2.64. The second-order valence-corrected chi connectivity index (χ2v) is 7.21. The summed E-state index contributed by atoms with van der Waals surface area (Å²) in [6.07, 6.45) is 1.49. The number of amides is 1. The highest BCUT2D eigenvalue weighted by atomic mass is 16.6. The van der Waals surface area contributed by atoms with E-state index < -0.39 is 30.3 Å². The predicted molar refractivity (Wildman–Crippen MR) is 89.1 cm³/mol. The molecule has 2 aliphatic carbocycles. The molecule has 2 bridgehead atoms. The summed E-state index contributed by atoms with van der Waals surface area (Å²) < 4.78 is 10.5. The van der Waals surface area contributed by atoms with Crippen molar-refractivity contribution in [2.75, 3.05) is 11.9 Å². The molecule has 1 aromatic carbocycles. The van der Waals surface area contributed by atoms with Crippen molar-refractivity contribution < 1.29 is 28.7 Å². The first kappa shape index (κ1) is 16.8. The van der Waals surface area contributed by atoms with Crippen molar-refractivity contribution in [1.82, 2.24) is 0 Å². The van der Waals surface area contributed by atoms with E-state index in [1.54, 1.807) is 24.3 Å². The smallest absolute Gasteiger partial charge is 0.310 e. The van der Waals surface area contributed by atoms with Gasteiger partial charge in [-0.05, 0) is 49.9 Å². The van der Waals surface area contributed by atoms with Crippen molar-refractivity contribution in [3.8, 4) is 0 Å². The molecule has 5 atom stereocenters. The van der Waals surface area contributed by atoms with Gasteiger partial charge >= 0.3 is 11.9 Å². The van der Waals surface area contributed by atoms with Gasteiger partial charge in [-0.25, -0.2) is 0 Å². The molecule has 3 aliphatic rings. The van der Waals surface area contributed by atoms with E-state index in [4.69, 9.17) is 9.47 Å². The van der Waals surface area contributed by atoms with Crippen LogP contribution in [0.4, 0.5) is 5.69 Å². The Morgan fingerprint density at radius 1 is 1.19 bits per heavy atom. The summed E-state index contributed by atoms with van der Waals surface area (Å²) >= 11 is 0. The SMILES string of the molecule is CC(=O)c1ccc(NC(=O)COC(=O)[C@H]2[C@@H]3C[C@H]4[C@@H]2C(=O)O[C@@H]4C3)cc1. The topological polar surface area (TPSA) is 98.8 Å². The summed E-state index contributed by atoms with van der Waals surface area (Å²) in [5, 5.41) is 2.61. The number of benzene rings is 1. The Bertz CT molecular complexity index is 784. The molecule has 1 N–H and O–H groups in total. The van der Waals surface area contributed by atoms with Gasteiger partial charge in [-0.1, -0.05) is 0 Å². The average molecular weight is 357 g/mol. The van der Waals surface area contributed by atoms with Crippen LogP contribution in [-0.4, -0.2) is 36.3 Å². The van der Waals surface area contributed by atoms with E-state index in [0.717, 1.165) is 6.42 Å². The van der Waals surface area contributed by atoms with Crippen LogP contribution in [0.3, 0.4) is 0 Å². The van der Waals surface area contributed by atoms with E-state index in [-0.39, 0.29) is 29.7 Å². The third-order valence-electron chi connectivity index (χ3n) is 5.68. The molecule has 1 amide bonds. The Kier molecular flexibility index (Phi) is 4.01. The third-order valence-corrected chi connectivity index (χ3v) is 5.68. The van der Waals surface area contributed by atoms with Crippen LogP contribution < -0.4 is 5.32 Å². The molecule has 4 rings (SSSR count). The van der Waals surface area contributed by atoms with Crippen LogP contribution in [0.1, 0.15) is 30.1 Å². The molecule has 26 heavy (non-hydrogen) atoms. The first-order valence-corrected chi connectivity index (χ1v) is 8.72. The van der Waals surface area contributed by atoms with Crippen molar-refractivity contribution >= 4 is 29.3 Å². The lowest BCUT2D eigenvalue weighted by molar-refractivity contribution is -0.157. The number of hydrogen-bond donors (Lipinski definition) is 1. The van der Waals surface area contributed by atoms with Crippen LogP contribution in [0.25, 0.3) is 0 Å². The lowest BCUT2D eigenvalue weighted by atomic mass is 9.80. The summed E-state index contributed by atoms with van der Waals surface area (Å²) in [7, 11) is 0. The minimum Gasteiger partial charge on any atom is -0.462 e. The molecule has 7 nitrogen and oxygen atoms in total. The summed E-state index contributed by atoms with van der Waals surface area (Å²) in [5.74, 6) is -2.00. The van der Waals surface area contributed by atoms with Gasteiger partial charge in [0, 0.05) is 17.2 Å². The molecule has 1 aliphatic heterocycles. The number of esters is 2. The van der Waals surface area contributed by atoms with E-state index in [1.807, 2.05) is 0 Å². The van der Waals surface area contributed by atoms with Gasteiger partial charge in [0.25, 0.3) is 5.91 Å². The van der Waals surface area contributed by atoms with Gasteiger partial charge in [-0.15, -0.1) is 0 Å². The number of hydrogen-bond acceptors (Lipinski definition) is 6. The second-order valence-electron chi connectivity index (χ2n) is 7.21. The van der Waals surface area contributed by atoms with Crippen molar-refractivity contribution in [1.29, 1.82) is 0 Å². The molecule has 7 heteroatoms. The zero-order chi connectivity index (χ0) is 18.4. The molecule has 1 aromatic rings. The Labute approximate surface area is 150 Å². The maximum Gasteiger partial charge on any atom is 0.310 e. The fraction of sp³-hybridized carbons (Fsp3) is 0.474. The lowest BCUT2D eigenvalue weighted by Crippen LogP contribution is -2.34. The van der Waals surface area contributed by atoms with Crippen LogP contribution in [-0.2, 0) is 23.9 Å². The predicted octanol–water partition coefficient (Wildman–Crippen LogP) is 1.57. The first-order valence-electron chi connectivity index (χ1n) is 8.72. The Hall–Kier alpha value is -2.70. The van der Waals surface area contributed by atoms with E-state index >= 15 is 0 Å². The zero-order valence-electron chi connectivity index (χ0n) is 14.3. The van der Waals surface area contributed by atoms with Gasteiger partial charge in [0.2, 0.25) is 0 Å². The minimum atomic E-state index is -0.498. The van der Waals surface area contributed by atoms with Gasteiger partial charge in [-0.3, -0.25) is 19.2 Å². The summed E-state index contributed by atoms with van der Waals surface area (Å²) in [4.78, 5) is 47.6. The Morgan fingerprint density at radius 2 is 1.92 bits per heavy atom. The van der Waals surface area contributed by atoms with E-state index in [9.17, 15) is 19.2 Å². The molecule has 1 heterocycles. The van der Waals surface area contributed by atoms with Gasteiger partial charge in [0.1, 0.15) is 6.10 Å². The highest BCUT2D eigenvalue weighted by Crippen LogP contribution is 2.57. The molecule has 0 aromatic heterocycles. The minimum absolute atomic E-state index is 0.0391. The number of carbonyl (C=O) groups excluding carboxylic acids is 4. The second kappa shape index (κ2) is 6.23. The van der Waals surface area contributed by atoms with E-state index in [0.29, 0.717) is 17.7 Å². The molecule has 0 spiro atoms. The van der Waals surface area contributed by atoms with Crippen molar-refractivity contribution in [3.05, 3.63) is 29.8 Å². The Balaban J connectivity index is 1.31. The van der Waals surface area contributed by atoms with Crippen LogP contribution in [0.5, 0.6) is 0 Å². The first-order chi connectivity index (χ1) is 12.4. The van der Waals surface area contributed by atoms with Crippen LogP contribution in [0, 0.1) is 23.7 Å². The third kappa shape index (κ3) is 2.77. The van der Waals surface area contributed by atoms with Crippen LogP contribution >= 0.6 is 0 Å². The number of anilines is 1. The number of ketones is 1. The van der Waals surface area contributed by atoms with Crippen molar-refractivity contribution in [3.63, 3.8) is 0 Å². The maximum atomic E-state index is 12.4. The van der Waals surface area contributed by atoms with Crippen molar-refractivity contribution in [2.24, 2.45) is 23.7 Å². The van der Waals surface area contributed by atoms with E-state index in [2.05, 4.69) is 5.32 Å². The van der Waals surface area contributed by atoms with E-state index in [1.165, 1.54) is 6.92 Å². The molecule has 2 saturated carbocycles. The molecule has 0 unspecified atom stereocenters. The fourth-order valence-corrected chi connectivity index (χ4v) is 4.54. The monoisotopic (exact) mass is 357 g/mol. The van der Waals surface area contributed by atoms with Crippen LogP contribution in [0.15, 0.2) is 24.3 Å². The lowest BCUT2D eigenvalue weighted by Gasteiger charge is -2.22. The largest absolute Gasteiger partial charge is 0.462 e. The van der Waals surface area contributed by atoms with Crippen molar-refractivity contribution in [2.45, 2.75) is 25.9 Å². The molecular formula is C19H19NO6. The summed E-state index contributed by atoms with van der Waals surface area (Å²) in [5.41, 5.74) is 1.06. The van der Waals surface area contributed by atoms with Gasteiger partial charge < -0.3 is 14.8 Å². The average Bonchev–Trinajstić information content (AvgIpc) is 3.22. The van der Waals surface area contributed by atoms with Gasteiger partial charge in [0.15, 0.2) is 12.4 Å². The maximum absolute atomic E-state index is 12.4. The molecule has 1 saturated heterocycles. The zero-order valence-corrected chi connectivity index (χ0v) is 14.3. The number of ether oxygens (including phenoxy) is 2. The van der Waals surface area contributed by atoms with Gasteiger partial charge in [-0.2, -0.15) is 0 Å². The Morgan fingerprint density at radius 3 is 2.62 bits per heavy atom. The molecule has 3 fully saturated rings. The molecule has 136 valence electrons.